The molecule has 0 fully saturated rings. The summed E-state index contributed by atoms with van der Waals surface area (Å²) in [5.74, 6) is -1.06. The number of nitriles is 1. The molecular formula is C22H18N6O6. The molecule has 0 saturated carbocycles. The lowest BCUT2D eigenvalue weighted by atomic mass is 10.1. The van der Waals surface area contributed by atoms with Crippen molar-refractivity contribution in [3.8, 4) is 28.8 Å². The van der Waals surface area contributed by atoms with Gasteiger partial charge >= 0.3 is 11.7 Å². The molecule has 172 valence electrons. The molecule has 0 atom stereocenters. The summed E-state index contributed by atoms with van der Waals surface area (Å²) in [5.41, 5.74) is 1.94. The fourth-order valence-corrected chi connectivity index (χ4v) is 2.98. The van der Waals surface area contributed by atoms with E-state index in [1.807, 2.05) is 6.07 Å². The van der Waals surface area contributed by atoms with Gasteiger partial charge in [-0.2, -0.15) is 10.4 Å². The first kappa shape index (κ1) is 23.6. The maximum Gasteiger partial charge on any atom is 0.323 e. The second kappa shape index (κ2) is 10.5. The number of nitrogens with one attached hydrogen (secondary N) is 2. The molecule has 0 bridgehead atoms. The molecule has 0 spiro atoms. The molecule has 0 amide bonds. The van der Waals surface area contributed by atoms with Crippen molar-refractivity contribution in [2.75, 3.05) is 12.0 Å². The molecule has 2 aromatic carbocycles. The smallest absolute Gasteiger partial charge is 0.323 e. The molecule has 1 heterocycles. The summed E-state index contributed by atoms with van der Waals surface area (Å²) in [5, 5.41) is 25.0. The Morgan fingerprint density at radius 1 is 1.32 bits per heavy atom. The quantitative estimate of drug-likeness (QED) is 0.168. The predicted molar refractivity (Wildman–Crippen MR) is 122 cm³/mol. The summed E-state index contributed by atoms with van der Waals surface area (Å²) in [7, 11) is 0. The zero-order chi connectivity index (χ0) is 24.7. The lowest BCUT2D eigenvalue weighted by Gasteiger charge is -2.11. The number of esters is 1. The Kier molecular flexibility index (Phi) is 7.30. The number of nitro groups is 1. The average molecular weight is 462 g/mol. The monoisotopic (exact) mass is 462 g/mol. The number of hydrogen-bond donors (Lipinski definition) is 2. The molecule has 12 nitrogen and oxygen atoms in total. The third-order valence-corrected chi connectivity index (χ3v) is 4.30. The molecule has 0 aliphatic carbocycles. The Hall–Kier alpha value is -5.05. The summed E-state index contributed by atoms with van der Waals surface area (Å²) >= 11 is 0. The first-order valence-corrected chi connectivity index (χ1v) is 9.87. The van der Waals surface area contributed by atoms with Crippen LogP contribution < -0.4 is 20.5 Å². The standard InChI is InChI=1S/C22H18N6O6/c1-3-33-20-17(34-13(2)29)10-9-15(19(20)28(31)32)12-24-27-22-25-18(14-7-5-4-6-8-14)16(11-23)21(30)26-22/h4-10,12H,3H2,1-2H3,(H2,25,26,27,30). The van der Waals surface area contributed by atoms with E-state index in [0.29, 0.717) is 5.56 Å². The number of ether oxygens (including phenoxy) is 2. The van der Waals surface area contributed by atoms with Gasteiger partial charge in [-0.3, -0.25) is 24.7 Å². The van der Waals surface area contributed by atoms with Crippen molar-refractivity contribution < 1.29 is 19.2 Å². The number of carbonyl (C=O) groups excluding carboxylic acids is 1. The number of aromatic nitrogens is 2. The number of hydrazone groups is 1. The number of anilines is 1. The number of nitrogens with zero attached hydrogens (tertiary/aromatic N) is 4. The van der Waals surface area contributed by atoms with Gasteiger partial charge in [0.1, 0.15) is 11.6 Å². The van der Waals surface area contributed by atoms with Crippen LogP contribution in [0.1, 0.15) is 25.0 Å². The average Bonchev–Trinajstić information content (AvgIpc) is 2.80. The van der Waals surface area contributed by atoms with E-state index in [2.05, 4.69) is 20.5 Å². The van der Waals surface area contributed by atoms with E-state index in [-0.39, 0.29) is 40.9 Å². The molecule has 34 heavy (non-hydrogen) atoms. The van der Waals surface area contributed by atoms with E-state index in [1.165, 1.54) is 12.1 Å². The number of carbonyl (C=O) groups is 1. The van der Waals surface area contributed by atoms with Crippen molar-refractivity contribution in [1.82, 2.24) is 9.97 Å². The minimum atomic E-state index is -0.686. The topological polar surface area (TPSA) is 173 Å². The van der Waals surface area contributed by atoms with Crippen LogP contribution in [-0.2, 0) is 4.79 Å². The summed E-state index contributed by atoms with van der Waals surface area (Å²) in [6.45, 7) is 2.88. The van der Waals surface area contributed by atoms with Gasteiger partial charge < -0.3 is 9.47 Å². The fourth-order valence-electron chi connectivity index (χ4n) is 2.98. The molecule has 2 N–H and O–H groups in total. The Bertz CT molecular complexity index is 1360. The van der Waals surface area contributed by atoms with Gasteiger partial charge in [-0.25, -0.2) is 10.4 Å². The zero-order valence-electron chi connectivity index (χ0n) is 18.1. The van der Waals surface area contributed by atoms with E-state index < -0.39 is 22.1 Å². The number of H-pyrrole nitrogens is 1. The normalized spacial score (nSPS) is 10.5. The number of benzene rings is 2. The molecule has 3 rings (SSSR count). The van der Waals surface area contributed by atoms with Crippen LogP contribution in [0.4, 0.5) is 11.6 Å². The number of aromatic amines is 1. The van der Waals surface area contributed by atoms with Crippen LogP contribution >= 0.6 is 0 Å². The fraction of sp³-hybridized carbons (Fsp3) is 0.136. The van der Waals surface area contributed by atoms with Gasteiger partial charge in [-0.15, -0.1) is 0 Å². The molecule has 1 aromatic heterocycles. The SMILES string of the molecule is CCOc1c(OC(C)=O)ccc(C=NNc2nc(-c3ccccc3)c(C#N)c(=O)[nH]2)c1[N+](=O)[O-]. The van der Waals surface area contributed by atoms with E-state index in [1.54, 1.807) is 37.3 Å². The van der Waals surface area contributed by atoms with Crippen molar-refractivity contribution in [1.29, 1.82) is 5.26 Å². The van der Waals surface area contributed by atoms with Gasteiger partial charge in [-0.1, -0.05) is 30.3 Å². The van der Waals surface area contributed by atoms with Crippen molar-refractivity contribution in [3.63, 3.8) is 0 Å². The van der Waals surface area contributed by atoms with Gasteiger partial charge in [0.2, 0.25) is 11.7 Å². The molecular weight excluding hydrogens is 444 g/mol. The predicted octanol–water partition coefficient (Wildman–Crippen LogP) is 2.99. The van der Waals surface area contributed by atoms with Crippen molar-refractivity contribution in [2.45, 2.75) is 13.8 Å². The van der Waals surface area contributed by atoms with E-state index >= 15 is 0 Å². The lowest BCUT2D eigenvalue weighted by molar-refractivity contribution is -0.386. The first-order chi connectivity index (χ1) is 16.3. The molecule has 0 saturated heterocycles. The second-order valence-corrected chi connectivity index (χ2v) is 6.60. The lowest BCUT2D eigenvalue weighted by Crippen LogP contribution is -2.16. The summed E-state index contributed by atoms with van der Waals surface area (Å²) in [4.78, 5) is 41.3. The highest BCUT2D eigenvalue weighted by molar-refractivity contribution is 5.89. The van der Waals surface area contributed by atoms with Crippen molar-refractivity contribution >= 4 is 23.8 Å². The van der Waals surface area contributed by atoms with Crippen LogP contribution in [0.5, 0.6) is 11.5 Å². The van der Waals surface area contributed by atoms with Gasteiger partial charge in [0.15, 0.2) is 5.75 Å². The number of nitro benzene ring substituents is 1. The van der Waals surface area contributed by atoms with Crippen molar-refractivity contribution in [2.24, 2.45) is 5.10 Å². The van der Waals surface area contributed by atoms with Gasteiger partial charge in [-0.05, 0) is 19.1 Å². The Morgan fingerprint density at radius 2 is 2.06 bits per heavy atom. The second-order valence-electron chi connectivity index (χ2n) is 6.60. The van der Waals surface area contributed by atoms with E-state index in [0.717, 1.165) is 13.1 Å². The minimum absolute atomic E-state index is 0.0381. The van der Waals surface area contributed by atoms with Crippen LogP contribution in [-0.4, -0.2) is 33.7 Å². The highest BCUT2D eigenvalue weighted by Crippen LogP contribution is 2.39. The third-order valence-electron chi connectivity index (χ3n) is 4.30. The van der Waals surface area contributed by atoms with Crippen LogP contribution in [0.15, 0.2) is 52.4 Å². The summed E-state index contributed by atoms with van der Waals surface area (Å²) < 4.78 is 10.4. The van der Waals surface area contributed by atoms with Gasteiger partial charge in [0, 0.05) is 12.5 Å². The molecule has 0 aliphatic rings. The largest absolute Gasteiger partial charge is 0.485 e. The van der Waals surface area contributed by atoms with Crippen LogP contribution in [0.25, 0.3) is 11.3 Å². The van der Waals surface area contributed by atoms with E-state index in [9.17, 15) is 25.0 Å². The first-order valence-electron chi connectivity index (χ1n) is 9.87. The molecule has 3 aromatic rings. The molecule has 0 aliphatic heterocycles. The van der Waals surface area contributed by atoms with Crippen LogP contribution in [0.3, 0.4) is 0 Å². The Labute approximate surface area is 192 Å². The molecule has 0 unspecified atom stereocenters. The van der Waals surface area contributed by atoms with Gasteiger partial charge in [0.25, 0.3) is 5.56 Å². The minimum Gasteiger partial charge on any atom is -0.485 e. The van der Waals surface area contributed by atoms with Gasteiger partial charge in [0.05, 0.1) is 29.0 Å². The number of rotatable bonds is 8. The zero-order valence-corrected chi connectivity index (χ0v) is 18.1. The molecule has 0 radical (unpaired) electrons. The van der Waals surface area contributed by atoms with Crippen LogP contribution in [0, 0.1) is 21.4 Å². The highest BCUT2D eigenvalue weighted by Gasteiger charge is 2.26. The van der Waals surface area contributed by atoms with Crippen molar-refractivity contribution in [3.05, 3.63) is 74.1 Å². The molecule has 12 heteroatoms. The summed E-state index contributed by atoms with van der Waals surface area (Å²) in [6.07, 6.45) is 1.12. The Balaban J connectivity index is 1.98. The summed E-state index contributed by atoms with van der Waals surface area (Å²) in [6, 6.07) is 13.1. The maximum atomic E-state index is 12.3. The number of hydrogen-bond acceptors (Lipinski definition) is 10. The maximum absolute atomic E-state index is 12.3. The third kappa shape index (κ3) is 5.22. The Morgan fingerprint density at radius 3 is 2.68 bits per heavy atom. The van der Waals surface area contributed by atoms with Crippen LogP contribution in [0.2, 0.25) is 0 Å². The highest BCUT2D eigenvalue weighted by atomic mass is 16.6. The van der Waals surface area contributed by atoms with E-state index in [4.69, 9.17) is 9.47 Å².